The van der Waals surface area contributed by atoms with Gasteiger partial charge in [0.1, 0.15) is 11.4 Å². The molecule has 4 rings (SSSR count). The fourth-order valence-corrected chi connectivity index (χ4v) is 5.10. The van der Waals surface area contributed by atoms with E-state index >= 15 is 0 Å². The lowest BCUT2D eigenvalue weighted by Gasteiger charge is -2.33. The molecule has 1 heterocycles. The number of nitrogens with zero attached hydrogens (tertiary/aromatic N) is 4. The summed E-state index contributed by atoms with van der Waals surface area (Å²) in [7, 11) is 3.18. The number of carbonyl (C=O) groups is 3. The average Bonchev–Trinajstić information content (AvgIpc) is 3.08. The van der Waals surface area contributed by atoms with Crippen LogP contribution in [-0.4, -0.2) is 70.0 Å². The fourth-order valence-electron chi connectivity index (χ4n) is 4.93. The molecule has 3 amide bonds. The zero-order valence-electron chi connectivity index (χ0n) is 30.5. The first kappa shape index (κ1) is 41.2. The summed E-state index contributed by atoms with van der Waals surface area (Å²) in [6.07, 6.45) is -0.300. The number of hydrogen-bond acceptors (Lipinski definition) is 6. The van der Waals surface area contributed by atoms with Gasteiger partial charge in [0, 0.05) is 37.8 Å². The first-order valence-electron chi connectivity index (χ1n) is 16.5. The van der Waals surface area contributed by atoms with Gasteiger partial charge in [-0.1, -0.05) is 73.5 Å². The molecular formula is C39H50ClN5O5. The zero-order chi connectivity index (χ0) is 37.6. The van der Waals surface area contributed by atoms with Crippen molar-refractivity contribution >= 4 is 40.4 Å². The average molecular weight is 704 g/mol. The maximum atomic E-state index is 14.3. The number of hydrogen-bond donors (Lipinski definition) is 1. The van der Waals surface area contributed by atoms with Crippen LogP contribution in [0.15, 0.2) is 90.7 Å². The second kappa shape index (κ2) is 19.3. The van der Waals surface area contributed by atoms with Crippen LogP contribution < -0.4 is 10.9 Å². The van der Waals surface area contributed by atoms with Crippen molar-refractivity contribution in [3.63, 3.8) is 0 Å². The second-order valence-electron chi connectivity index (χ2n) is 12.3. The van der Waals surface area contributed by atoms with Crippen molar-refractivity contribution in [3.8, 4) is 0 Å². The lowest BCUT2D eigenvalue weighted by Crippen LogP contribution is -2.47. The van der Waals surface area contributed by atoms with E-state index in [1.165, 1.54) is 14.4 Å². The van der Waals surface area contributed by atoms with E-state index in [1.807, 2.05) is 63.2 Å². The topological polar surface area (TPSA) is 114 Å². The Bertz CT molecular complexity index is 1780. The van der Waals surface area contributed by atoms with Crippen molar-refractivity contribution in [2.45, 2.75) is 66.2 Å². The third kappa shape index (κ3) is 11.3. The fraction of sp³-hybridized carbons (Fsp3) is 0.359. The molecule has 4 aromatic rings. The lowest BCUT2D eigenvalue weighted by molar-refractivity contribution is -0.134. The summed E-state index contributed by atoms with van der Waals surface area (Å²) in [5.41, 5.74) is 1.41. The van der Waals surface area contributed by atoms with Crippen LogP contribution in [0.3, 0.4) is 0 Å². The minimum absolute atomic E-state index is 0.0571. The number of benzene rings is 3. The Labute approximate surface area is 300 Å². The molecule has 11 heteroatoms. The lowest BCUT2D eigenvalue weighted by atomic mass is 10.1. The SMILES string of the molecule is C=C.CC.Cc1ccc(C(=O)N(CCCNC(=O)OC(C)(C)C)C(C(=O)N(C)C)c2nc3cc(Cl)ccc3c(=O)n2Cc2ccccc2)cc1. The number of alkyl carbamates (subject to hydrolysis) is 1. The summed E-state index contributed by atoms with van der Waals surface area (Å²) in [6, 6.07) is 19.9. The molecule has 0 spiro atoms. The zero-order valence-corrected chi connectivity index (χ0v) is 31.2. The second-order valence-corrected chi connectivity index (χ2v) is 12.7. The van der Waals surface area contributed by atoms with Crippen molar-refractivity contribution in [1.29, 1.82) is 0 Å². The molecule has 3 aromatic carbocycles. The van der Waals surface area contributed by atoms with Crippen molar-refractivity contribution in [3.05, 3.63) is 124 Å². The smallest absolute Gasteiger partial charge is 0.407 e. The number of ether oxygens (including phenoxy) is 1. The van der Waals surface area contributed by atoms with Gasteiger partial charge in [0.2, 0.25) is 0 Å². The molecule has 0 aliphatic rings. The number of carbonyl (C=O) groups excluding carboxylic acids is 3. The van der Waals surface area contributed by atoms with Gasteiger partial charge in [-0.2, -0.15) is 0 Å². The van der Waals surface area contributed by atoms with Gasteiger partial charge in [0.25, 0.3) is 17.4 Å². The van der Waals surface area contributed by atoms with Gasteiger partial charge in [0.05, 0.1) is 17.4 Å². The number of fused-ring (bicyclic) bond motifs is 1. The molecule has 1 N–H and O–H groups in total. The molecule has 50 heavy (non-hydrogen) atoms. The molecule has 0 bridgehead atoms. The first-order chi connectivity index (χ1) is 23.7. The standard InChI is InChI=1S/C35H40ClN5O5.C2H6.C2H4/c1-23-13-15-25(16-14-23)31(42)40(20-10-19-37-34(45)46-35(2,3)4)29(33(44)39(5)6)30-38-28-21-26(36)17-18-27(28)32(43)41(30)22-24-11-8-7-9-12-24;2*1-2/h7-9,11-18,21,29H,10,19-20,22H2,1-6H3,(H,37,45);1-2H3;1-2H2. The van der Waals surface area contributed by atoms with Gasteiger partial charge in [0.15, 0.2) is 6.04 Å². The first-order valence-corrected chi connectivity index (χ1v) is 16.9. The number of likely N-dealkylation sites (N-methyl/N-ethyl adjacent to an activating group) is 1. The highest BCUT2D eigenvalue weighted by molar-refractivity contribution is 6.31. The highest BCUT2D eigenvalue weighted by atomic mass is 35.5. The highest BCUT2D eigenvalue weighted by Crippen LogP contribution is 2.27. The number of halogens is 1. The van der Waals surface area contributed by atoms with Crippen LogP contribution in [0.4, 0.5) is 4.79 Å². The molecule has 1 aromatic heterocycles. The van der Waals surface area contributed by atoms with Crippen LogP contribution in [0.2, 0.25) is 5.02 Å². The van der Waals surface area contributed by atoms with Crippen LogP contribution in [0.1, 0.15) is 74.4 Å². The number of nitrogens with one attached hydrogen (secondary N) is 1. The molecule has 0 saturated carbocycles. The molecule has 0 saturated heterocycles. The van der Waals surface area contributed by atoms with E-state index in [9.17, 15) is 19.2 Å². The predicted octanol–water partition coefficient (Wildman–Crippen LogP) is 7.42. The molecule has 0 fully saturated rings. The van der Waals surface area contributed by atoms with E-state index in [-0.39, 0.29) is 37.4 Å². The number of aromatic nitrogens is 2. The van der Waals surface area contributed by atoms with E-state index in [0.717, 1.165) is 11.1 Å². The maximum Gasteiger partial charge on any atom is 0.407 e. The molecule has 1 atom stereocenters. The van der Waals surface area contributed by atoms with Gasteiger partial charge < -0.3 is 19.9 Å². The molecule has 10 nitrogen and oxygen atoms in total. The largest absolute Gasteiger partial charge is 0.444 e. The van der Waals surface area contributed by atoms with Crippen molar-refractivity contribution < 1.29 is 19.1 Å². The summed E-state index contributed by atoms with van der Waals surface area (Å²) in [6.45, 7) is 17.6. The molecule has 1 unspecified atom stereocenters. The van der Waals surface area contributed by atoms with Crippen molar-refractivity contribution in [2.75, 3.05) is 27.2 Å². The third-order valence-corrected chi connectivity index (χ3v) is 7.40. The summed E-state index contributed by atoms with van der Waals surface area (Å²) < 4.78 is 6.80. The van der Waals surface area contributed by atoms with Crippen LogP contribution >= 0.6 is 11.6 Å². The van der Waals surface area contributed by atoms with E-state index in [2.05, 4.69) is 18.5 Å². The van der Waals surface area contributed by atoms with E-state index in [1.54, 1.807) is 65.2 Å². The maximum absolute atomic E-state index is 14.3. The Hall–Kier alpha value is -4.96. The Balaban J connectivity index is 0.00000209. The Morgan fingerprint density at radius 1 is 0.980 bits per heavy atom. The van der Waals surface area contributed by atoms with Gasteiger partial charge in [-0.3, -0.25) is 19.0 Å². The molecule has 268 valence electrons. The quantitative estimate of drug-likeness (QED) is 0.136. The predicted molar refractivity (Wildman–Crippen MR) is 202 cm³/mol. The van der Waals surface area contributed by atoms with E-state index in [4.69, 9.17) is 21.3 Å². The van der Waals surface area contributed by atoms with Crippen molar-refractivity contribution in [1.82, 2.24) is 24.7 Å². The monoisotopic (exact) mass is 703 g/mol. The molecule has 0 radical (unpaired) electrons. The Kier molecular flexibility index (Phi) is 15.9. The molecule has 0 aliphatic carbocycles. The van der Waals surface area contributed by atoms with Crippen molar-refractivity contribution in [2.24, 2.45) is 0 Å². The van der Waals surface area contributed by atoms with Crippen LogP contribution in [0.25, 0.3) is 10.9 Å². The van der Waals surface area contributed by atoms with E-state index < -0.39 is 29.6 Å². The molecule has 0 aliphatic heterocycles. The number of rotatable bonds is 10. The Morgan fingerprint density at radius 3 is 2.18 bits per heavy atom. The Morgan fingerprint density at radius 2 is 1.60 bits per heavy atom. The normalized spacial score (nSPS) is 11.2. The van der Waals surface area contributed by atoms with E-state index in [0.29, 0.717) is 21.5 Å². The summed E-state index contributed by atoms with van der Waals surface area (Å²) >= 11 is 6.31. The number of amides is 3. The van der Waals surface area contributed by atoms with Gasteiger partial charge in [-0.15, -0.1) is 13.2 Å². The van der Waals surface area contributed by atoms with Gasteiger partial charge >= 0.3 is 6.09 Å². The number of aryl methyl sites for hydroxylation is 1. The van der Waals surface area contributed by atoms with Crippen LogP contribution in [0, 0.1) is 6.92 Å². The summed E-state index contributed by atoms with van der Waals surface area (Å²) in [5.74, 6) is -0.775. The third-order valence-electron chi connectivity index (χ3n) is 7.16. The minimum Gasteiger partial charge on any atom is -0.444 e. The molecular weight excluding hydrogens is 654 g/mol. The van der Waals surface area contributed by atoms with Gasteiger partial charge in [-0.25, -0.2) is 9.78 Å². The van der Waals surface area contributed by atoms with Crippen LogP contribution in [-0.2, 0) is 16.1 Å². The minimum atomic E-state index is -1.29. The highest BCUT2D eigenvalue weighted by Gasteiger charge is 2.37. The summed E-state index contributed by atoms with van der Waals surface area (Å²) in [5, 5.41) is 3.42. The van der Waals surface area contributed by atoms with Crippen LogP contribution in [0.5, 0.6) is 0 Å². The van der Waals surface area contributed by atoms with Gasteiger partial charge in [-0.05, 0) is 70.0 Å². The summed E-state index contributed by atoms with van der Waals surface area (Å²) in [4.78, 5) is 62.5.